The number of alkyl halides is 3. The van der Waals surface area contributed by atoms with Crippen LogP contribution in [0.1, 0.15) is 42.3 Å². The predicted octanol–water partition coefficient (Wildman–Crippen LogP) is 2.01. The molecule has 2 heterocycles. The fourth-order valence-electron chi connectivity index (χ4n) is 3.46. The molecule has 1 aromatic rings. The Morgan fingerprint density at radius 3 is 2.54 bits per heavy atom. The van der Waals surface area contributed by atoms with Gasteiger partial charge in [0.25, 0.3) is 5.91 Å². The fourth-order valence-corrected chi connectivity index (χ4v) is 3.46. The van der Waals surface area contributed by atoms with E-state index in [1.54, 1.807) is 20.8 Å². The first-order valence-corrected chi connectivity index (χ1v) is 8.09. The van der Waals surface area contributed by atoms with Crippen LogP contribution in [0.4, 0.5) is 13.2 Å². The van der Waals surface area contributed by atoms with Gasteiger partial charge in [0.2, 0.25) is 0 Å². The molecule has 1 atom stereocenters. The molecule has 1 fully saturated rings. The number of nitrogens with one attached hydrogen (secondary N) is 1. The molecule has 1 amide bonds. The minimum atomic E-state index is -4.85. The number of halogens is 3. The lowest BCUT2D eigenvalue weighted by Gasteiger charge is -2.42. The maximum Gasteiger partial charge on any atom is 0.417 e. The monoisotopic (exact) mass is 372 g/mol. The van der Waals surface area contributed by atoms with Crippen molar-refractivity contribution in [2.24, 2.45) is 0 Å². The average molecular weight is 372 g/mol. The summed E-state index contributed by atoms with van der Waals surface area (Å²) in [5, 5.41) is 12.8. The van der Waals surface area contributed by atoms with Gasteiger partial charge < -0.3 is 20.1 Å². The number of hydrogen-bond acceptors (Lipinski definition) is 5. The molecule has 0 bridgehead atoms. The minimum absolute atomic E-state index is 0.0464. The van der Waals surface area contributed by atoms with E-state index in [-0.39, 0.29) is 18.7 Å². The Labute approximate surface area is 147 Å². The summed E-state index contributed by atoms with van der Waals surface area (Å²) in [5.41, 5.74) is -4.68. The zero-order chi connectivity index (χ0) is 19.5. The van der Waals surface area contributed by atoms with Gasteiger partial charge in [0.05, 0.1) is 11.1 Å². The normalized spacial score (nSPS) is 22.8. The Kier molecular flexibility index (Phi) is 3.99. The number of rotatable bonds is 1. The third kappa shape index (κ3) is 2.70. The number of esters is 1. The van der Waals surface area contributed by atoms with Crippen LogP contribution in [0.15, 0.2) is 12.1 Å². The molecule has 2 N–H and O–H groups in total. The number of phenolic OH excluding ortho intramolecular Hbond substituents is 1. The average Bonchev–Trinajstić information content (AvgIpc) is 2.75. The number of phenols is 1. The van der Waals surface area contributed by atoms with E-state index in [9.17, 15) is 27.9 Å². The maximum absolute atomic E-state index is 13.5. The van der Waals surface area contributed by atoms with E-state index >= 15 is 0 Å². The fraction of sp³-hybridized carbons (Fsp3) is 0.529. The van der Waals surface area contributed by atoms with Crippen LogP contribution in [0.25, 0.3) is 0 Å². The predicted molar refractivity (Wildman–Crippen MR) is 84.5 cm³/mol. The first-order chi connectivity index (χ1) is 11.9. The van der Waals surface area contributed by atoms with Crippen molar-refractivity contribution in [1.29, 1.82) is 0 Å². The van der Waals surface area contributed by atoms with Gasteiger partial charge in [-0.25, -0.2) is 4.79 Å². The van der Waals surface area contributed by atoms with Crippen molar-refractivity contribution in [2.75, 3.05) is 19.6 Å². The molecule has 142 valence electrons. The standard InChI is InChI=1S/C17H19F3N2O4/c1-15(2,3)26-14(25)16-8-21-4-5-22(16)13(24)12-10(16)6-9(23)7-11(12)17(18,19)20/h6-7,21,23H,4-5,8H2,1-3H3/t16-/m0/s1. The Balaban J connectivity index is 2.27. The number of ether oxygens (including phenoxy) is 1. The Morgan fingerprint density at radius 2 is 1.96 bits per heavy atom. The van der Waals surface area contributed by atoms with Crippen LogP contribution in [0.3, 0.4) is 0 Å². The number of aromatic hydroxyl groups is 1. The van der Waals surface area contributed by atoms with Gasteiger partial charge in [-0.05, 0) is 32.9 Å². The van der Waals surface area contributed by atoms with E-state index in [1.807, 2.05) is 0 Å². The molecule has 0 spiro atoms. The summed E-state index contributed by atoms with van der Waals surface area (Å²) in [5.74, 6) is -2.39. The number of amides is 1. The smallest absolute Gasteiger partial charge is 0.417 e. The minimum Gasteiger partial charge on any atom is -0.508 e. The summed E-state index contributed by atoms with van der Waals surface area (Å²) in [6.07, 6.45) is -4.85. The Morgan fingerprint density at radius 1 is 1.31 bits per heavy atom. The van der Waals surface area contributed by atoms with Crippen molar-refractivity contribution in [3.8, 4) is 5.75 Å². The lowest BCUT2D eigenvalue weighted by molar-refractivity contribution is -0.169. The zero-order valence-corrected chi connectivity index (χ0v) is 14.5. The maximum atomic E-state index is 13.5. The van der Waals surface area contributed by atoms with E-state index in [0.29, 0.717) is 12.6 Å². The molecule has 0 saturated carbocycles. The van der Waals surface area contributed by atoms with Gasteiger partial charge in [0.15, 0.2) is 5.54 Å². The number of fused-ring (bicyclic) bond motifs is 3. The van der Waals surface area contributed by atoms with Crippen molar-refractivity contribution in [1.82, 2.24) is 10.2 Å². The van der Waals surface area contributed by atoms with E-state index in [1.165, 1.54) is 0 Å². The highest BCUT2D eigenvalue weighted by Crippen LogP contribution is 2.48. The lowest BCUT2D eigenvalue weighted by atomic mass is 9.86. The largest absolute Gasteiger partial charge is 0.508 e. The van der Waals surface area contributed by atoms with Crippen molar-refractivity contribution in [3.63, 3.8) is 0 Å². The highest BCUT2D eigenvalue weighted by Gasteiger charge is 2.60. The SMILES string of the molecule is CC(C)(C)OC(=O)[C@@]12CNCCN1C(=O)c1c(C(F)(F)F)cc(O)cc12. The molecule has 3 rings (SSSR count). The van der Waals surface area contributed by atoms with Crippen molar-refractivity contribution < 1.29 is 32.6 Å². The number of piperazine rings is 1. The summed E-state index contributed by atoms with van der Waals surface area (Å²) in [6.45, 7) is 5.17. The molecule has 2 aliphatic heterocycles. The van der Waals surface area contributed by atoms with Gasteiger partial charge in [-0.2, -0.15) is 13.2 Å². The van der Waals surface area contributed by atoms with E-state index in [0.717, 1.165) is 11.0 Å². The molecule has 6 nitrogen and oxygen atoms in total. The first kappa shape index (κ1) is 18.5. The zero-order valence-electron chi connectivity index (χ0n) is 14.5. The second kappa shape index (κ2) is 5.60. The topological polar surface area (TPSA) is 78.9 Å². The van der Waals surface area contributed by atoms with Gasteiger partial charge in [-0.15, -0.1) is 0 Å². The number of benzene rings is 1. The summed E-state index contributed by atoms with van der Waals surface area (Å²) in [6, 6.07) is 1.55. The summed E-state index contributed by atoms with van der Waals surface area (Å²) < 4.78 is 45.8. The molecule has 0 aromatic heterocycles. The molecule has 26 heavy (non-hydrogen) atoms. The third-order valence-electron chi connectivity index (χ3n) is 4.42. The van der Waals surface area contributed by atoms with Crippen LogP contribution in [0.5, 0.6) is 5.75 Å². The number of nitrogens with zero attached hydrogens (tertiary/aromatic N) is 1. The van der Waals surface area contributed by atoms with Crippen LogP contribution in [0, 0.1) is 0 Å². The van der Waals surface area contributed by atoms with E-state index < -0.39 is 46.1 Å². The third-order valence-corrected chi connectivity index (χ3v) is 4.42. The Bertz CT molecular complexity index is 785. The molecule has 2 aliphatic rings. The van der Waals surface area contributed by atoms with Crippen molar-refractivity contribution in [2.45, 2.75) is 38.1 Å². The summed E-state index contributed by atoms with van der Waals surface area (Å²) in [4.78, 5) is 26.9. The van der Waals surface area contributed by atoms with Gasteiger partial charge in [0.1, 0.15) is 11.4 Å². The first-order valence-electron chi connectivity index (χ1n) is 8.09. The Hall–Kier alpha value is -2.29. The van der Waals surface area contributed by atoms with Gasteiger partial charge >= 0.3 is 12.1 Å². The van der Waals surface area contributed by atoms with Crippen molar-refractivity contribution in [3.05, 3.63) is 28.8 Å². The number of carbonyl (C=O) groups excluding carboxylic acids is 2. The van der Waals surface area contributed by atoms with Crippen LogP contribution in [0.2, 0.25) is 0 Å². The van der Waals surface area contributed by atoms with Gasteiger partial charge in [-0.1, -0.05) is 0 Å². The van der Waals surface area contributed by atoms with Crippen LogP contribution in [-0.4, -0.2) is 47.1 Å². The summed E-state index contributed by atoms with van der Waals surface area (Å²) in [7, 11) is 0. The highest BCUT2D eigenvalue weighted by atomic mass is 19.4. The molecule has 1 aromatic carbocycles. The van der Waals surface area contributed by atoms with Gasteiger partial charge in [0, 0.05) is 25.2 Å². The summed E-state index contributed by atoms with van der Waals surface area (Å²) >= 11 is 0. The molecule has 0 aliphatic carbocycles. The number of hydrogen-bond donors (Lipinski definition) is 2. The molecule has 0 unspecified atom stereocenters. The van der Waals surface area contributed by atoms with Crippen molar-refractivity contribution >= 4 is 11.9 Å². The lowest BCUT2D eigenvalue weighted by Crippen LogP contribution is -2.62. The molecular weight excluding hydrogens is 353 g/mol. The molecule has 1 saturated heterocycles. The second-order valence-corrected chi connectivity index (χ2v) is 7.41. The van der Waals surface area contributed by atoms with Crippen LogP contribution < -0.4 is 5.32 Å². The van der Waals surface area contributed by atoms with Gasteiger partial charge in [-0.3, -0.25) is 4.79 Å². The molecular formula is C17H19F3N2O4. The highest BCUT2D eigenvalue weighted by molar-refractivity contribution is 6.07. The van der Waals surface area contributed by atoms with Crippen LogP contribution in [-0.2, 0) is 21.2 Å². The molecule has 9 heteroatoms. The molecule has 0 radical (unpaired) electrons. The number of carbonyl (C=O) groups is 2. The van der Waals surface area contributed by atoms with E-state index in [2.05, 4.69) is 5.32 Å². The van der Waals surface area contributed by atoms with Crippen LogP contribution >= 0.6 is 0 Å². The van der Waals surface area contributed by atoms with E-state index in [4.69, 9.17) is 4.74 Å². The quantitative estimate of drug-likeness (QED) is 0.738. The second-order valence-electron chi connectivity index (χ2n) is 7.41.